The summed E-state index contributed by atoms with van der Waals surface area (Å²) in [6.45, 7) is 4.28. The molecule has 0 radical (unpaired) electrons. The molecule has 0 aliphatic heterocycles. The molecule has 1 aromatic carbocycles. The second-order valence-corrected chi connectivity index (χ2v) is 5.12. The molecule has 0 aliphatic rings. The predicted octanol–water partition coefficient (Wildman–Crippen LogP) is 2.97. The predicted molar refractivity (Wildman–Crippen MR) is 81.3 cm³/mol. The highest BCUT2D eigenvalue weighted by molar-refractivity contribution is 7.14. The normalized spacial score (nSPS) is 9.95. The molecule has 0 N–H and O–H groups in total. The van der Waals surface area contributed by atoms with Gasteiger partial charge in [-0.05, 0) is 19.1 Å². The maximum atomic E-state index is 11.5. The van der Waals surface area contributed by atoms with Crippen LogP contribution in [0.5, 0.6) is 5.75 Å². The van der Waals surface area contributed by atoms with E-state index in [1.807, 2.05) is 18.4 Å². The highest BCUT2D eigenvalue weighted by Gasteiger charge is 2.13. The van der Waals surface area contributed by atoms with Crippen molar-refractivity contribution in [2.45, 2.75) is 20.5 Å². The van der Waals surface area contributed by atoms with E-state index in [-0.39, 0.29) is 12.5 Å². The van der Waals surface area contributed by atoms with Gasteiger partial charge in [0, 0.05) is 18.8 Å². The number of ether oxygens (including phenoxy) is 1. The van der Waals surface area contributed by atoms with Gasteiger partial charge in [-0.15, -0.1) is 11.3 Å². The lowest BCUT2D eigenvalue weighted by molar-refractivity contribution is -0.116. The van der Waals surface area contributed by atoms with Gasteiger partial charge in [0.05, 0.1) is 11.3 Å². The third kappa shape index (κ3) is 3.58. The highest BCUT2D eigenvalue weighted by Crippen LogP contribution is 2.23. The molecule has 0 fully saturated rings. The van der Waals surface area contributed by atoms with Gasteiger partial charge in [-0.3, -0.25) is 9.69 Å². The third-order valence-electron chi connectivity index (χ3n) is 2.85. The van der Waals surface area contributed by atoms with Crippen LogP contribution in [0.3, 0.4) is 0 Å². The number of amides is 1. The van der Waals surface area contributed by atoms with Gasteiger partial charge in [-0.2, -0.15) is 5.26 Å². The maximum absolute atomic E-state index is 11.5. The van der Waals surface area contributed by atoms with Crippen LogP contribution < -0.4 is 9.64 Å². The number of nitriles is 1. The number of carbonyl (C=O) groups is 1. The standard InChI is InChI=1S/C15H15N3O2S/c1-3-18(11(2)19)15-17-13(10-21-15)9-20-14-7-5-4-6-12(14)8-16/h4-7,10H,3,9H2,1-2H3. The zero-order valence-electron chi connectivity index (χ0n) is 11.9. The molecule has 2 rings (SSSR count). The minimum atomic E-state index is -0.0332. The van der Waals surface area contributed by atoms with Gasteiger partial charge in [-0.1, -0.05) is 12.1 Å². The minimum Gasteiger partial charge on any atom is -0.486 e. The lowest BCUT2D eigenvalue weighted by Gasteiger charge is -2.14. The Kier molecular flexibility index (Phi) is 4.90. The van der Waals surface area contributed by atoms with E-state index in [1.165, 1.54) is 18.3 Å². The quantitative estimate of drug-likeness (QED) is 0.851. The van der Waals surface area contributed by atoms with Crippen LogP contribution in [0.2, 0.25) is 0 Å². The first-order valence-electron chi connectivity index (χ1n) is 6.50. The van der Waals surface area contributed by atoms with Gasteiger partial charge in [-0.25, -0.2) is 4.98 Å². The van der Waals surface area contributed by atoms with E-state index < -0.39 is 0 Å². The van der Waals surface area contributed by atoms with Crippen molar-refractivity contribution < 1.29 is 9.53 Å². The van der Waals surface area contributed by atoms with E-state index in [2.05, 4.69) is 11.1 Å². The van der Waals surface area contributed by atoms with Crippen LogP contribution in [0.1, 0.15) is 25.1 Å². The Bertz CT molecular complexity index is 676. The van der Waals surface area contributed by atoms with Crippen molar-refractivity contribution in [1.82, 2.24) is 4.98 Å². The molecule has 1 amide bonds. The summed E-state index contributed by atoms with van der Waals surface area (Å²) in [4.78, 5) is 17.5. The van der Waals surface area contributed by atoms with Crippen molar-refractivity contribution in [1.29, 1.82) is 5.26 Å². The van der Waals surface area contributed by atoms with Crippen LogP contribution in [0.4, 0.5) is 5.13 Å². The van der Waals surface area contributed by atoms with E-state index in [9.17, 15) is 4.79 Å². The van der Waals surface area contributed by atoms with Crippen LogP contribution in [-0.2, 0) is 11.4 Å². The fraction of sp³-hybridized carbons (Fsp3) is 0.267. The molecule has 21 heavy (non-hydrogen) atoms. The Labute approximate surface area is 127 Å². The number of nitrogens with zero attached hydrogens (tertiary/aromatic N) is 3. The summed E-state index contributed by atoms with van der Waals surface area (Å²) in [5.41, 5.74) is 1.23. The van der Waals surface area contributed by atoms with Gasteiger partial charge < -0.3 is 4.74 Å². The number of hydrogen-bond donors (Lipinski definition) is 0. The molecular weight excluding hydrogens is 286 g/mol. The number of rotatable bonds is 5. The summed E-state index contributed by atoms with van der Waals surface area (Å²) in [6.07, 6.45) is 0. The summed E-state index contributed by atoms with van der Waals surface area (Å²) in [7, 11) is 0. The number of thiazole rings is 1. The summed E-state index contributed by atoms with van der Waals surface area (Å²) in [5, 5.41) is 11.5. The van der Waals surface area contributed by atoms with Gasteiger partial charge in [0.2, 0.25) is 5.91 Å². The van der Waals surface area contributed by atoms with E-state index in [0.717, 1.165) is 5.69 Å². The minimum absolute atomic E-state index is 0.0332. The van der Waals surface area contributed by atoms with Gasteiger partial charge in [0.15, 0.2) is 5.13 Å². The largest absolute Gasteiger partial charge is 0.486 e. The van der Waals surface area contributed by atoms with Crippen molar-refractivity contribution in [2.24, 2.45) is 0 Å². The highest BCUT2D eigenvalue weighted by atomic mass is 32.1. The van der Waals surface area contributed by atoms with Crippen molar-refractivity contribution in [3.63, 3.8) is 0 Å². The van der Waals surface area contributed by atoms with Gasteiger partial charge >= 0.3 is 0 Å². The second-order valence-electron chi connectivity index (χ2n) is 4.28. The van der Waals surface area contributed by atoms with E-state index >= 15 is 0 Å². The Balaban J connectivity index is 2.07. The summed E-state index contributed by atoms with van der Waals surface area (Å²) < 4.78 is 5.62. The Morgan fingerprint density at radius 2 is 2.24 bits per heavy atom. The molecular formula is C15H15N3O2S. The SMILES string of the molecule is CCN(C(C)=O)c1nc(COc2ccccc2C#N)cs1. The number of hydrogen-bond acceptors (Lipinski definition) is 5. The van der Waals surface area contributed by atoms with Crippen LogP contribution in [0.15, 0.2) is 29.6 Å². The van der Waals surface area contributed by atoms with Crippen LogP contribution in [0, 0.1) is 11.3 Å². The Hall–Kier alpha value is -2.39. The fourth-order valence-electron chi connectivity index (χ4n) is 1.82. The zero-order valence-corrected chi connectivity index (χ0v) is 12.7. The average molecular weight is 301 g/mol. The fourth-order valence-corrected chi connectivity index (χ4v) is 2.73. The van der Waals surface area contributed by atoms with E-state index in [1.54, 1.807) is 23.1 Å². The molecule has 1 aromatic heterocycles. The summed E-state index contributed by atoms with van der Waals surface area (Å²) >= 11 is 1.40. The zero-order chi connectivity index (χ0) is 15.2. The Morgan fingerprint density at radius 3 is 2.90 bits per heavy atom. The smallest absolute Gasteiger partial charge is 0.225 e. The third-order valence-corrected chi connectivity index (χ3v) is 3.76. The van der Waals surface area contributed by atoms with E-state index in [0.29, 0.717) is 23.0 Å². The maximum Gasteiger partial charge on any atom is 0.225 e. The molecule has 2 aromatic rings. The Morgan fingerprint density at radius 1 is 1.48 bits per heavy atom. The first-order chi connectivity index (χ1) is 10.2. The molecule has 0 aliphatic carbocycles. The summed E-state index contributed by atoms with van der Waals surface area (Å²) in [6, 6.07) is 9.14. The number of aromatic nitrogens is 1. The van der Waals surface area contributed by atoms with Crippen LogP contribution >= 0.6 is 11.3 Å². The van der Waals surface area contributed by atoms with Crippen molar-refractivity contribution >= 4 is 22.4 Å². The number of carbonyl (C=O) groups excluding carboxylic acids is 1. The van der Waals surface area contributed by atoms with Crippen LogP contribution in [-0.4, -0.2) is 17.4 Å². The molecule has 1 heterocycles. The molecule has 0 spiro atoms. The first kappa shape index (κ1) is 15.0. The molecule has 0 saturated heterocycles. The molecule has 6 heteroatoms. The lowest BCUT2D eigenvalue weighted by atomic mass is 10.2. The van der Waals surface area contributed by atoms with Crippen LogP contribution in [0.25, 0.3) is 0 Å². The van der Waals surface area contributed by atoms with Crippen molar-refractivity contribution in [2.75, 3.05) is 11.4 Å². The van der Waals surface area contributed by atoms with Crippen molar-refractivity contribution in [3.05, 3.63) is 40.9 Å². The number of benzene rings is 1. The van der Waals surface area contributed by atoms with Gasteiger partial charge in [0.1, 0.15) is 18.4 Å². The average Bonchev–Trinajstić information content (AvgIpc) is 2.94. The topological polar surface area (TPSA) is 66.2 Å². The monoisotopic (exact) mass is 301 g/mol. The molecule has 0 atom stereocenters. The van der Waals surface area contributed by atoms with E-state index in [4.69, 9.17) is 10.00 Å². The molecule has 0 unspecified atom stereocenters. The van der Waals surface area contributed by atoms with Gasteiger partial charge in [0.25, 0.3) is 0 Å². The molecule has 108 valence electrons. The second kappa shape index (κ2) is 6.86. The number of para-hydroxylation sites is 1. The molecule has 0 saturated carbocycles. The lowest BCUT2D eigenvalue weighted by Crippen LogP contribution is -2.27. The number of anilines is 1. The molecule has 0 bridgehead atoms. The van der Waals surface area contributed by atoms with Crippen molar-refractivity contribution in [3.8, 4) is 11.8 Å². The molecule has 5 nitrogen and oxygen atoms in total. The summed E-state index contributed by atoms with van der Waals surface area (Å²) in [5.74, 6) is 0.502. The first-order valence-corrected chi connectivity index (χ1v) is 7.38.